The average Bonchev–Trinajstić information content (AvgIpc) is 2.80. The first-order valence-corrected chi connectivity index (χ1v) is 13.6. The third kappa shape index (κ3) is 9.18. The second kappa shape index (κ2) is 12.5. The van der Waals surface area contributed by atoms with Gasteiger partial charge in [0.1, 0.15) is 17.0 Å². The number of piperidine rings is 1. The number of benzene rings is 1. The maximum absolute atomic E-state index is 12.7. The van der Waals surface area contributed by atoms with Crippen LogP contribution in [0.3, 0.4) is 0 Å². The fourth-order valence-corrected chi connectivity index (χ4v) is 5.02. The molecule has 1 saturated carbocycles. The zero-order valence-electron chi connectivity index (χ0n) is 23.3. The number of aliphatic hydroxyl groups excluding tert-OH is 1. The summed E-state index contributed by atoms with van der Waals surface area (Å²) in [4.78, 5) is 26.4. The molecule has 2 fully saturated rings. The van der Waals surface area contributed by atoms with E-state index in [-0.39, 0.29) is 18.7 Å². The molecule has 0 aromatic heterocycles. The molecule has 208 valence electrons. The van der Waals surface area contributed by atoms with Crippen molar-refractivity contribution in [3.8, 4) is 5.75 Å². The van der Waals surface area contributed by atoms with Gasteiger partial charge in [0.05, 0.1) is 24.9 Å². The summed E-state index contributed by atoms with van der Waals surface area (Å²) >= 11 is 0. The molecule has 1 N–H and O–H groups in total. The summed E-state index contributed by atoms with van der Waals surface area (Å²) in [6, 6.07) is 7.47. The lowest BCUT2D eigenvalue weighted by Crippen LogP contribution is -2.54. The number of likely N-dealkylation sites (tertiary alicyclic amines) is 1. The summed E-state index contributed by atoms with van der Waals surface area (Å²) in [5.41, 5.74) is -0.0325. The number of nitrogens with zero attached hydrogens (tertiary/aromatic N) is 1. The molecule has 2 atom stereocenters. The maximum Gasteiger partial charge on any atom is 0.410 e. The summed E-state index contributed by atoms with van der Waals surface area (Å²) in [5.74, 6) is 0.647. The van der Waals surface area contributed by atoms with Crippen LogP contribution < -0.4 is 4.74 Å². The number of hydrogen-bond acceptors (Lipinski definition) is 7. The minimum atomic E-state index is -0.619. The fraction of sp³-hybridized carbons (Fsp3) is 0.724. The van der Waals surface area contributed by atoms with Crippen molar-refractivity contribution in [2.75, 3.05) is 19.8 Å². The van der Waals surface area contributed by atoms with E-state index in [1.54, 1.807) is 4.90 Å². The highest BCUT2D eigenvalue weighted by molar-refractivity contribution is 5.71. The van der Waals surface area contributed by atoms with Gasteiger partial charge in [-0.2, -0.15) is 0 Å². The first kappa shape index (κ1) is 29.2. The Balaban J connectivity index is 1.52. The Morgan fingerprint density at radius 3 is 2.24 bits per heavy atom. The third-order valence-electron chi connectivity index (χ3n) is 6.67. The van der Waals surface area contributed by atoms with Gasteiger partial charge in [-0.3, -0.25) is 0 Å². The van der Waals surface area contributed by atoms with E-state index in [0.29, 0.717) is 25.5 Å². The molecule has 1 aromatic carbocycles. The van der Waals surface area contributed by atoms with Crippen LogP contribution in [0.4, 0.5) is 4.79 Å². The predicted molar refractivity (Wildman–Crippen MR) is 141 cm³/mol. The van der Waals surface area contributed by atoms with Gasteiger partial charge in [0.15, 0.2) is 6.61 Å². The van der Waals surface area contributed by atoms with Crippen LogP contribution in [0.5, 0.6) is 5.75 Å². The number of esters is 1. The molecule has 1 amide bonds. The monoisotopic (exact) mass is 519 g/mol. The lowest BCUT2D eigenvalue weighted by Gasteiger charge is -2.40. The lowest BCUT2D eigenvalue weighted by molar-refractivity contribution is -0.157. The quantitative estimate of drug-likeness (QED) is 0.494. The molecule has 2 unspecified atom stereocenters. The standard InChI is InChI=1S/C29H45NO7/c1-28(2,3)36-26(32)19-35-25-12-8-7-10-22(25)20-13-15-21(16-14-20)34-18-23-24(31)11-9-17-30(23)27(33)37-29(4,5)6/h7-8,10,12,20-21,23-24,31H,9,11,13-19H2,1-6H3. The van der Waals surface area contributed by atoms with E-state index < -0.39 is 29.4 Å². The summed E-state index contributed by atoms with van der Waals surface area (Å²) in [5, 5.41) is 10.6. The van der Waals surface area contributed by atoms with Crippen LogP contribution in [0, 0.1) is 0 Å². The first-order chi connectivity index (χ1) is 17.3. The van der Waals surface area contributed by atoms with Crippen LogP contribution in [-0.2, 0) is 19.0 Å². The normalized spacial score (nSPS) is 24.9. The first-order valence-electron chi connectivity index (χ1n) is 13.6. The smallest absolute Gasteiger partial charge is 0.410 e. The third-order valence-corrected chi connectivity index (χ3v) is 6.67. The van der Waals surface area contributed by atoms with Crippen molar-refractivity contribution in [2.45, 2.75) is 115 Å². The van der Waals surface area contributed by atoms with Crippen molar-refractivity contribution < 1.29 is 33.6 Å². The van der Waals surface area contributed by atoms with Gasteiger partial charge < -0.3 is 29.0 Å². The molecule has 37 heavy (non-hydrogen) atoms. The number of carbonyl (C=O) groups excluding carboxylic acids is 2. The van der Waals surface area contributed by atoms with Gasteiger partial charge in [0.2, 0.25) is 0 Å². The van der Waals surface area contributed by atoms with Gasteiger partial charge >= 0.3 is 12.1 Å². The molecule has 1 heterocycles. The number of ether oxygens (including phenoxy) is 4. The zero-order chi connectivity index (χ0) is 27.2. The highest BCUT2D eigenvalue weighted by Gasteiger charge is 2.37. The van der Waals surface area contributed by atoms with E-state index in [1.807, 2.05) is 59.7 Å². The van der Waals surface area contributed by atoms with E-state index in [1.165, 1.54) is 0 Å². The number of rotatable bonds is 7. The molecule has 1 aliphatic heterocycles. The van der Waals surface area contributed by atoms with E-state index >= 15 is 0 Å². The van der Waals surface area contributed by atoms with E-state index in [4.69, 9.17) is 18.9 Å². The Bertz CT molecular complexity index is 896. The Morgan fingerprint density at radius 1 is 0.946 bits per heavy atom. The lowest BCUT2D eigenvalue weighted by atomic mass is 9.82. The van der Waals surface area contributed by atoms with E-state index in [2.05, 4.69) is 6.07 Å². The van der Waals surface area contributed by atoms with Gasteiger partial charge in [-0.25, -0.2) is 9.59 Å². The number of para-hydroxylation sites is 1. The Hall–Kier alpha value is -2.32. The Labute approximate surface area is 221 Å². The van der Waals surface area contributed by atoms with E-state index in [9.17, 15) is 14.7 Å². The molecule has 0 radical (unpaired) electrons. The summed E-state index contributed by atoms with van der Waals surface area (Å²) in [7, 11) is 0. The molecule has 2 aliphatic rings. The van der Waals surface area contributed by atoms with E-state index in [0.717, 1.165) is 43.4 Å². The van der Waals surface area contributed by atoms with Gasteiger partial charge in [-0.1, -0.05) is 18.2 Å². The average molecular weight is 520 g/mol. The Morgan fingerprint density at radius 2 is 1.59 bits per heavy atom. The van der Waals surface area contributed by atoms with Crippen LogP contribution in [-0.4, -0.2) is 71.3 Å². The van der Waals surface area contributed by atoms with Crippen LogP contribution in [0.15, 0.2) is 24.3 Å². The molecule has 0 spiro atoms. The minimum Gasteiger partial charge on any atom is -0.482 e. The van der Waals surface area contributed by atoms with Crippen LogP contribution in [0.1, 0.15) is 91.5 Å². The van der Waals surface area contributed by atoms with Crippen molar-refractivity contribution >= 4 is 12.1 Å². The van der Waals surface area contributed by atoms with Gasteiger partial charge in [-0.15, -0.1) is 0 Å². The summed E-state index contributed by atoms with van der Waals surface area (Å²) in [6.07, 6.45) is 4.07. The fourth-order valence-electron chi connectivity index (χ4n) is 5.02. The number of amides is 1. The highest BCUT2D eigenvalue weighted by atomic mass is 16.6. The zero-order valence-corrected chi connectivity index (χ0v) is 23.3. The molecule has 1 aromatic rings. The van der Waals surface area contributed by atoms with Gasteiger partial charge in [-0.05, 0) is 97.6 Å². The molecule has 1 saturated heterocycles. The highest BCUT2D eigenvalue weighted by Crippen LogP contribution is 2.38. The maximum atomic E-state index is 12.7. The van der Waals surface area contributed by atoms with Crippen molar-refractivity contribution in [3.63, 3.8) is 0 Å². The number of aliphatic hydroxyl groups is 1. The topological polar surface area (TPSA) is 94.5 Å². The number of carbonyl (C=O) groups is 2. The minimum absolute atomic E-state index is 0.0701. The molecule has 8 nitrogen and oxygen atoms in total. The van der Waals surface area contributed by atoms with Gasteiger partial charge in [0, 0.05) is 6.54 Å². The second-order valence-corrected chi connectivity index (χ2v) is 12.2. The molecular formula is C29H45NO7. The molecule has 0 bridgehead atoms. The van der Waals surface area contributed by atoms with Crippen LogP contribution in [0.2, 0.25) is 0 Å². The largest absolute Gasteiger partial charge is 0.482 e. The van der Waals surface area contributed by atoms with Crippen LogP contribution >= 0.6 is 0 Å². The summed E-state index contributed by atoms with van der Waals surface area (Å²) in [6.45, 7) is 11.8. The Kier molecular flexibility index (Phi) is 9.86. The second-order valence-electron chi connectivity index (χ2n) is 12.2. The van der Waals surface area contributed by atoms with Crippen molar-refractivity contribution in [1.29, 1.82) is 0 Å². The summed E-state index contributed by atoms with van der Waals surface area (Å²) < 4.78 is 23.0. The van der Waals surface area contributed by atoms with Gasteiger partial charge in [0.25, 0.3) is 0 Å². The predicted octanol–water partition coefficient (Wildman–Crippen LogP) is 5.21. The SMILES string of the molecule is CC(C)(C)OC(=O)COc1ccccc1C1CCC(OCC2C(O)CCCN2C(=O)OC(C)(C)C)CC1. The molecular weight excluding hydrogens is 474 g/mol. The number of hydrogen-bond donors (Lipinski definition) is 1. The van der Waals surface area contributed by atoms with Crippen molar-refractivity contribution in [1.82, 2.24) is 4.90 Å². The molecule has 3 rings (SSSR count). The molecule has 1 aliphatic carbocycles. The molecule has 8 heteroatoms. The van der Waals surface area contributed by atoms with Crippen molar-refractivity contribution in [3.05, 3.63) is 29.8 Å². The van der Waals surface area contributed by atoms with Crippen molar-refractivity contribution in [2.24, 2.45) is 0 Å². The van der Waals surface area contributed by atoms with Crippen LogP contribution in [0.25, 0.3) is 0 Å².